The number of non-ortho nitro benzene ring substituents is 1. The number of ether oxygens (including phenoxy) is 1. The highest BCUT2D eigenvalue weighted by molar-refractivity contribution is 5.95. The van der Waals surface area contributed by atoms with Crippen molar-refractivity contribution in [2.45, 2.75) is 26.4 Å². The van der Waals surface area contributed by atoms with E-state index in [0.717, 1.165) is 6.07 Å². The maximum atomic E-state index is 11.6. The number of carbonyl (C=O) groups excluding carboxylic acids is 1. The topological polar surface area (TPSA) is 95.5 Å². The van der Waals surface area contributed by atoms with Gasteiger partial charge in [0.05, 0.1) is 22.3 Å². The van der Waals surface area contributed by atoms with E-state index in [2.05, 4.69) is 0 Å². The van der Waals surface area contributed by atoms with Gasteiger partial charge in [0.1, 0.15) is 0 Å². The Morgan fingerprint density at radius 1 is 1.59 bits per heavy atom. The van der Waals surface area contributed by atoms with Crippen molar-refractivity contribution in [1.29, 1.82) is 0 Å². The minimum absolute atomic E-state index is 0.0486. The molecule has 1 aromatic carbocycles. The molecule has 1 rings (SSSR count). The van der Waals surface area contributed by atoms with Gasteiger partial charge in [-0.1, -0.05) is 6.92 Å². The van der Waals surface area contributed by atoms with Crippen LogP contribution >= 0.6 is 0 Å². The summed E-state index contributed by atoms with van der Waals surface area (Å²) in [5.74, 6) is -0.563. The minimum Gasteiger partial charge on any atom is -0.459 e. The summed E-state index contributed by atoms with van der Waals surface area (Å²) in [5.41, 5.74) is 5.62. The molecule has 0 saturated heterocycles. The van der Waals surface area contributed by atoms with E-state index in [1.807, 2.05) is 6.92 Å². The van der Waals surface area contributed by atoms with E-state index in [1.54, 1.807) is 6.92 Å². The van der Waals surface area contributed by atoms with Crippen molar-refractivity contribution in [2.75, 3.05) is 5.73 Å². The number of nitrogens with two attached hydrogens (primary N) is 1. The second-order valence-corrected chi connectivity index (χ2v) is 3.65. The molecule has 2 N–H and O–H groups in total. The smallest absolute Gasteiger partial charge is 0.340 e. The predicted octanol–water partition coefficient (Wildman–Crippen LogP) is 2.13. The summed E-state index contributed by atoms with van der Waals surface area (Å²) in [7, 11) is 0. The van der Waals surface area contributed by atoms with E-state index < -0.39 is 10.9 Å². The van der Waals surface area contributed by atoms with Gasteiger partial charge in [-0.25, -0.2) is 4.79 Å². The molecule has 17 heavy (non-hydrogen) atoms. The summed E-state index contributed by atoms with van der Waals surface area (Å²) >= 11 is 0. The van der Waals surface area contributed by atoms with Crippen LogP contribution in [0.4, 0.5) is 11.4 Å². The number of esters is 1. The molecule has 6 heteroatoms. The number of hydrogen-bond acceptors (Lipinski definition) is 5. The standard InChI is InChI=1S/C11H14N2O4/c1-3-7(2)17-11(14)9-5-4-8(13(15)16)6-10(9)12/h4-7H,3,12H2,1-2H3. The number of rotatable bonds is 4. The minimum atomic E-state index is -0.569. The lowest BCUT2D eigenvalue weighted by Crippen LogP contribution is -2.15. The molecule has 0 saturated carbocycles. The van der Waals surface area contributed by atoms with Crippen molar-refractivity contribution < 1.29 is 14.5 Å². The summed E-state index contributed by atoms with van der Waals surface area (Å²) < 4.78 is 5.08. The summed E-state index contributed by atoms with van der Waals surface area (Å²) in [5, 5.41) is 10.5. The van der Waals surface area contributed by atoms with Gasteiger partial charge < -0.3 is 10.5 Å². The number of benzene rings is 1. The van der Waals surface area contributed by atoms with Crippen LogP contribution in [0.3, 0.4) is 0 Å². The van der Waals surface area contributed by atoms with Gasteiger partial charge in [0.15, 0.2) is 0 Å². The van der Waals surface area contributed by atoms with E-state index in [0.29, 0.717) is 6.42 Å². The lowest BCUT2D eigenvalue weighted by molar-refractivity contribution is -0.384. The van der Waals surface area contributed by atoms with Crippen molar-refractivity contribution in [3.05, 3.63) is 33.9 Å². The highest BCUT2D eigenvalue weighted by Gasteiger charge is 2.16. The highest BCUT2D eigenvalue weighted by Crippen LogP contribution is 2.21. The molecule has 0 radical (unpaired) electrons. The van der Waals surface area contributed by atoms with Crippen LogP contribution < -0.4 is 5.73 Å². The molecule has 0 bridgehead atoms. The first-order valence-electron chi connectivity index (χ1n) is 5.20. The molecular formula is C11H14N2O4. The quantitative estimate of drug-likeness (QED) is 0.375. The van der Waals surface area contributed by atoms with Gasteiger partial charge in [0, 0.05) is 12.1 Å². The highest BCUT2D eigenvalue weighted by atomic mass is 16.6. The van der Waals surface area contributed by atoms with Crippen LogP contribution in [0.1, 0.15) is 30.6 Å². The predicted molar refractivity (Wildman–Crippen MR) is 62.7 cm³/mol. The molecule has 0 aliphatic carbocycles. The normalized spacial score (nSPS) is 11.9. The first kappa shape index (κ1) is 13.0. The van der Waals surface area contributed by atoms with E-state index in [9.17, 15) is 14.9 Å². The van der Waals surface area contributed by atoms with E-state index in [4.69, 9.17) is 10.5 Å². The Balaban J connectivity index is 2.92. The Kier molecular flexibility index (Phi) is 4.03. The fourth-order valence-corrected chi connectivity index (χ4v) is 1.18. The summed E-state index contributed by atoms with van der Waals surface area (Å²) in [4.78, 5) is 21.6. The van der Waals surface area contributed by atoms with Crippen LogP contribution in [0.5, 0.6) is 0 Å². The molecular weight excluding hydrogens is 224 g/mol. The average molecular weight is 238 g/mol. The third-order valence-electron chi connectivity index (χ3n) is 2.35. The third-order valence-corrected chi connectivity index (χ3v) is 2.35. The third kappa shape index (κ3) is 3.17. The van der Waals surface area contributed by atoms with Crippen molar-refractivity contribution in [1.82, 2.24) is 0 Å². The van der Waals surface area contributed by atoms with Crippen molar-refractivity contribution in [3.63, 3.8) is 0 Å². The molecule has 0 aliphatic rings. The fraction of sp³-hybridized carbons (Fsp3) is 0.364. The maximum absolute atomic E-state index is 11.6. The van der Waals surface area contributed by atoms with E-state index in [-0.39, 0.29) is 23.0 Å². The number of anilines is 1. The maximum Gasteiger partial charge on any atom is 0.340 e. The van der Waals surface area contributed by atoms with Gasteiger partial charge in [-0.3, -0.25) is 10.1 Å². The molecule has 0 aliphatic heterocycles. The molecule has 6 nitrogen and oxygen atoms in total. The Bertz CT molecular complexity index is 445. The first-order chi connectivity index (χ1) is 7.95. The molecule has 0 aromatic heterocycles. The first-order valence-corrected chi connectivity index (χ1v) is 5.20. The zero-order valence-corrected chi connectivity index (χ0v) is 9.67. The van der Waals surface area contributed by atoms with E-state index in [1.165, 1.54) is 12.1 Å². The van der Waals surface area contributed by atoms with Gasteiger partial charge >= 0.3 is 5.97 Å². The Morgan fingerprint density at radius 3 is 2.71 bits per heavy atom. The van der Waals surface area contributed by atoms with Gasteiger partial charge in [0.25, 0.3) is 5.69 Å². The lowest BCUT2D eigenvalue weighted by Gasteiger charge is -2.11. The largest absolute Gasteiger partial charge is 0.459 e. The number of nitrogen functional groups attached to an aromatic ring is 1. The second kappa shape index (κ2) is 5.29. The fourth-order valence-electron chi connectivity index (χ4n) is 1.18. The monoisotopic (exact) mass is 238 g/mol. The van der Waals surface area contributed by atoms with Crippen LogP contribution in [0.25, 0.3) is 0 Å². The van der Waals surface area contributed by atoms with Crippen LogP contribution in [0.2, 0.25) is 0 Å². The SMILES string of the molecule is CCC(C)OC(=O)c1ccc([N+](=O)[O-])cc1N. The zero-order chi connectivity index (χ0) is 13.0. The van der Waals surface area contributed by atoms with Gasteiger partial charge in [-0.2, -0.15) is 0 Å². The molecule has 1 aromatic rings. The average Bonchev–Trinajstić information content (AvgIpc) is 2.28. The molecule has 0 fully saturated rings. The number of carbonyl (C=O) groups is 1. The van der Waals surface area contributed by atoms with Crippen LogP contribution in [0.15, 0.2) is 18.2 Å². The van der Waals surface area contributed by atoms with Crippen molar-refractivity contribution in [2.24, 2.45) is 0 Å². The summed E-state index contributed by atoms with van der Waals surface area (Å²) in [6, 6.07) is 3.68. The van der Waals surface area contributed by atoms with Crippen LogP contribution in [-0.4, -0.2) is 17.0 Å². The molecule has 0 heterocycles. The van der Waals surface area contributed by atoms with Gasteiger partial charge in [-0.05, 0) is 19.4 Å². The molecule has 0 spiro atoms. The zero-order valence-electron chi connectivity index (χ0n) is 9.67. The molecule has 0 amide bonds. The van der Waals surface area contributed by atoms with E-state index >= 15 is 0 Å². The number of nitro groups is 1. The second-order valence-electron chi connectivity index (χ2n) is 3.65. The van der Waals surface area contributed by atoms with Crippen LogP contribution in [0, 0.1) is 10.1 Å². The molecule has 1 unspecified atom stereocenters. The Morgan fingerprint density at radius 2 is 2.24 bits per heavy atom. The Labute approximate surface area is 98.5 Å². The van der Waals surface area contributed by atoms with Crippen molar-refractivity contribution >= 4 is 17.3 Å². The number of hydrogen-bond donors (Lipinski definition) is 1. The molecule has 1 atom stereocenters. The number of nitrogens with zero attached hydrogens (tertiary/aromatic N) is 1. The van der Waals surface area contributed by atoms with Gasteiger partial charge in [0.2, 0.25) is 0 Å². The Hall–Kier alpha value is -2.11. The van der Waals surface area contributed by atoms with Crippen molar-refractivity contribution in [3.8, 4) is 0 Å². The molecule has 92 valence electrons. The lowest BCUT2D eigenvalue weighted by atomic mass is 10.1. The van der Waals surface area contributed by atoms with Gasteiger partial charge in [-0.15, -0.1) is 0 Å². The number of nitro benzene ring substituents is 1. The summed E-state index contributed by atoms with van der Waals surface area (Å²) in [6.45, 7) is 3.65. The summed E-state index contributed by atoms with van der Waals surface area (Å²) in [6.07, 6.45) is 0.482. The van der Waals surface area contributed by atoms with Crippen LogP contribution in [-0.2, 0) is 4.74 Å².